The van der Waals surface area contributed by atoms with Crippen LogP contribution in [-0.2, 0) is 14.8 Å². The molecule has 1 heterocycles. The van der Waals surface area contributed by atoms with E-state index in [2.05, 4.69) is 15.0 Å². The van der Waals surface area contributed by atoms with Crippen molar-refractivity contribution >= 4 is 32.7 Å². The Hall–Kier alpha value is -3.65. The normalized spacial score (nSPS) is 12.5. The molecular formula is C24H24N4O3S. The third-order valence-electron chi connectivity index (χ3n) is 5.15. The molecule has 2 N–H and O–H groups in total. The molecule has 0 aliphatic carbocycles. The lowest BCUT2D eigenvalue weighted by Crippen LogP contribution is -2.23. The van der Waals surface area contributed by atoms with Gasteiger partial charge in [0, 0.05) is 18.2 Å². The minimum atomic E-state index is -3.40. The molecule has 0 saturated carbocycles. The molecule has 4 aromatic rings. The van der Waals surface area contributed by atoms with Crippen molar-refractivity contribution in [1.82, 2.24) is 14.9 Å². The van der Waals surface area contributed by atoms with Crippen molar-refractivity contribution in [2.24, 2.45) is 0 Å². The predicted molar refractivity (Wildman–Crippen MR) is 127 cm³/mol. The molecule has 0 unspecified atom stereocenters. The highest BCUT2D eigenvalue weighted by atomic mass is 32.2. The molecule has 1 amide bonds. The van der Waals surface area contributed by atoms with Gasteiger partial charge in [0.15, 0.2) is 0 Å². The monoisotopic (exact) mass is 448 g/mol. The van der Waals surface area contributed by atoms with Crippen molar-refractivity contribution in [3.05, 3.63) is 78.6 Å². The van der Waals surface area contributed by atoms with E-state index in [1.54, 1.807) is 18.5 Å². The number of hydrogen-bond acceptors (Lipinski definition) is 4. The summed E-state index contributed by atoms with van der Waals surface area (Å²) in [7, 11) is -3.40. The lowest BCUT2D eigenvalue weighted by Gasteiger charge is -2.14. The van der Waals surface area contributed by atoms with Gasteiger partial charge in [0.05, 0.1) is 29.0 Å². The van der Waals surface area contributed by atoms with Crippen molar-refractivity contribution in [2.75, 3.05) is 11.0 Å². The molecule has 0 spiro atoms. The average Bonchev–Trinajstić information content (AvgIpc) is 3.16. The van der Waals surface area contributed by atoms with Crippen LogP contribution in [0.25, 0.3) is 27.8 Å². The van der Waals surface area contributed by atoms with E-state index < -0.39 is 10.0 Å². The van der Waals surface area contributed by atoms with Crippen LogP contribution in [0.5, 0.6) is 0 Å². The first-order valence-corrected chi connectivity index (χ1v) is 12.0. The summed E-state index contributed by atoms with van der Waals surface area (Å²) in [6.07, 6.45) is 2.90. The molecule has 0 aliphatic heterocycles. The summed E-state index contributed by atoms with van der Waals surface area (Å²) in [5.41, 5.74) is 5.84. The zero-order valence-corrected chi connectivity index (χ0v) is 18.8. The lowest BCUT2D eigenvalue weighted by molar-refractivity contribution is -0.119. The first kappa shape index (κ1) is 21.6. The van der Waals surface area contributed by atoms with Crippen molar-refractivity contribution in [3.8, 4) is 16.8 Å². The second-order valence-corrected chi connectivity index (χ2v) is 9.50. The molecule has 0 saturated heterocycles. The molecule has 0 fully saturated rings. The van der Waals surface area contributed by atoms with Crippen LogP contribution in [0.1, 0.15) is 25.5 Å². The van der Waals surface area contributed by atoms with E-state index in [0.717, 1.165) is 39.7 Å². The third kappa shape index (κ3) is 4.65. The highest BCUT2D eigenvalue weighted by Crippen LogP contribution is 2.31. The van der Waals surface area contributed by atoms with Gasteiger partial charge in [-0.3, -0.25) is 14.1 Å². The van der Waals surface area contributed by atoms with Gasteiger partial charge in [0.2, 0.25) is 15.9 Å². The van der Waals surface area contributed by atoms with Gasteiger partial charge in [-0.1, -0.05) is 36.4 Å². The van der Waals surface area contributed by atoms with Crippen molar-refractivity contribution in [2.45, 2.75) is 19.9 Å². The fourth-order valence-corrected chi connectivity index (χ4v) is 4.32. The number of fused-ring (bicyclic) bond motifs is 1. The number of para-hydroxylation sites is 1. The van der Waals surface area contributed by atoms with E-state index in [0.29, 0.717) is 5.69 Å². The van der Waals surface area contributed by atoms with Gasteiger partial charge in [-0.15, -0.1) is 0 Å². The highest BCUT2D eigenvalue weighted by molar-refractivity contribution is 7.92. The Morgan fingerprint density at radius 2 is 1.81 bits per heavy atom. The van der Waals surface area contributed by atoms with Crippen molar-refractivity contribution < 1.29 is 13.2 Å². The van der Waals surface area contributed by atoms with Crippen LogP contribution in [0.2, 0.25) is 0 Å². The van der Waals surface area contributed by atoms with Gasteiger partial charge in [-0.25, -0.2) is 13.4 Å². The number of imidazole rings is 1. The van der Waals surface area contributed by atoms with Gasteiger partial charge < -0.3 is 5.32 Å². The minimum absolute atomic E-state index is 0.0782. The molecule has 164 valence electrons. The van der Waals surface area contributed by atoms with Crippen molar-refractivity contribution in [1.29, 1.82) is 0 Å². The molecule has 7 nitrogen and oxygen atoms in total. The number of hydrogen-bond donors (Lipinski definition) is 2. The quantitative estimate of drug-likeness (QED) is 0.461. The summed E-state index contributed by atoms with van der Waals surface area (Å²) in [5.74, 6) is -0.0782. The van der Waals surface area contributed by atoms with Gasteiger partial charge in [0.1, 0.15) is 6.33 Å². The van der Waals surface area contributed by atoms with E-state index in [4.69, 9.17) is 0 Å². The summed E-state index contributed by atoms with van der Waals surface area (Å²) in [4.78, 5) is 15.9. The van der Waals surface area contributed by atoms with Gasteiger partial charge in [-0.2, -0.15) is 0 Å². The fraction of sp³-hybridized carbons (Fsp3) is 0.167. The number of nitrogens with one attached hydrogen (secondary N) is 2. The number of amides is 1. The van der Waals surface area contributed by atoms with Crippen LogP contribution < -0.4 is 10.0 Å². The zero-order chi connectivity index (χ0) is 22.9. The molecule has 1 aromatic heterocycles. The molecule has 0 bridgehead atoms. The first-order chi connectivity index (χ1) is 15.2. The standard InChI is InChI=1S/C24H24N4O3S/c1-16(26-17(2)29)18-11-12-24-23(14-18)25-15-28(24)20-8-6-7-19(13-20)21-9-4-5-10-22(21)27-32(3,30)31/h4-16,27H,1-3H3,(H,26,29)/t16-/m0/s1. The van der Waals surface area contributed by atoms with Gasteiger partial charge in [-0.05, 0) is 48.4 Å². The minimum Gasteiger partial charge on any atom is -0.350 e. The number of sulfonamides is 1. The lowest BCUT2D eigenvalue weighted by atomic mass is 10.0. The topological polar surface area (TPSA) is 93.1 Å². The molecule has 32 heavy (non-hydrogen) atoms. The van der Waals surface area contributed by atoms with E-state index in [1.807, 2.05) is 66.1 Å². The molecule has 3 aromatic carbocycles. The van der Waals surface area contributed by atoms with Crippen LogP contribution in [-0.4, -0.2) is 30.1 Å². The van der Waals surface area contributed by atoms with Crippen LogP contribution in [0.15, 0.2) is 73.1 Å². The van der Waals surface area contributed by atoms with Crippen LogP contribution in [0.4, 0.5) is 5.69 Å². The van der Waals surface area contributed by atoms with Crippen molar-refractivity contribution in [3.63, 3.8) is 0 Å². The fourth-order valence-electron chi connectivity index (χ4n) is 3.74. The molecular weight excluding hydrogens is 424 g/mol. The number of benzene rings is 3. The maximum absolute atomic E-state index is 11.8. The molecule has 0 radical (unpaired) electrons. The van der Waals surface area contributed by atoms with Crippen LogP contribution in [0.3, 0.4) is 0 Å². The zero-order valence-electron chi connectivity index (χ0n) is 18.0. The number of carbonyl (C=O) groups is 1. The summed E-state index contributed by atoms with van der Waals surface area (Å²) < 4.78 is 28.1. The van der Waals surface area contributed by atoms with E-state index >= 15 is 0 Å². The number of aromatic nitrogens is 2. The van der Waals surface area contributed by atoms with E-state index in [9.17, 15) is 13.2 Å². The smallest absolute Gasteiger partial charge is 0.229 e. The number of carbonyl (C=O) groups excluding carboxylic acids is 1. The third-order valence-corrected chi connectivity index (χ3v) is 5.74. The number of rotatable bonds is 6. The summed E-state index contributed by atoms with van der Waals surface area (Å²) >= 11 is 0. The summed E-state index contributed by atoms with van der Waals surface area (Å²) in [5, 5.41) is 2.89. The van der Waals surface area contributed by atoms with Crippen LogP contribution in [0, 0.1) is 0 Å². The Balaban J connectivity index is 1.73. The second-order valence-electron chi connectivity index (χ2n) is 7.76. The van der Waals surface area contributed by atoms with Gasteiger partial charge in [0.25, 0.3) is 0 Å². The number of anilines is 1. The van der Waals surface area contributed by atoms with E-state index in [1.165, 1.54) is 6.92 Å². The largest absolute Gasteiger partial charge is 0.350 e. The molecule has 0 aliphatic rings. The maximum Gasteiger partial charge on any atom is 0.229 e. The highest BCUT2D eigenvalue weighted by Gasteiger charge is 2.13. The van der Waals surface area contributed by atoms with Gasteiger partial charge >= 0.3 is 0 Å². The Morgan fingerprint density at radius 3 is 2.56 bits per heavy atom. The molecule has 8 heteroatoms. The molecule has 1 atom stereocenters. The Morgan fingerprint density at radius 1 is 1.03 bits per heavy atom. The van der Waals surface area contributed by atoms with E-state index in [-0.39, 0.29) is 11.9 Å². The summed E-state index contributed by atoms with van der Waals surface area (Å²) in [6, 6.07) is 21.0. The SMILES string of the molecule is CC(=O)N[C@@H](C)c1ccc2c(c1)ncn2-c1cccc(-c2ccccc2NS(C)(=O)=O)c1. The molecule has 4 rings (SSSR count). The Bertz CT molecular complexity index is 1410. The predicted octanol–water partition coefficient (Wildman–Crippen LogP) is 4.26. The first-order valence-electron chi connectivity index (χ1n) is 10.1. The Kier molecular flexibility index (Phi) is 5.71. The summed E-state index contributed by atoms with van der Waals surface area (Å²) in [6.45, 7) is 3.44. The maximum atomic E-state index is 11.8. The number of nitrogens with zero attached hydrogens (tertiary/aromatic N) is 2. The average molecular weight is 449 g/mol. The Labute approximate surface area is 187 Å². The van der Waals surface area contributed by atoms with Crippen LogP contribution >= 0.6 is 0 Å². The second kappa shape index (κ2) is 8.47.